The standard InChI is InChI=1S/C41H38F2N4O5.ClH/c42-29-5-8-31(9-6-29)47(32-10-12-34(48)13-11-32)41(50)36-15-16-45-25-39(52-26-38(36)45)37-22-30(43)7-14-35(37)40(49)46-23-28-4-2-1-3-27(28)21-33(46)24-44-17-19-51-20-18-44;/h1-16,22,33,39,48H,17-21,23-26H2;1H/t33-,39?;/m0./s1. The smallest absolute Gasteiger partial charge is 0.264 e. The summed E-state index contributed by atoms with van der Waals surface area (Å²) in [4.78, 5) is 34.5. The van der Waals surface area contributed by atoms with Crippen molar-refractivity contribution in [2.75, 3.05) is 37.7 Å². The summed E-state index contributed by atoms with van der Waals surface area (Å²) < 4.78 is 42.7. The minimum absolute atomic E-state index is 0. The van der Waals surface area contributed by atoms with Gasteiger partial charge in [0, 0.05) is 55.4 Å². The Bertz CT molecular complexity index is 2060. The van der Waals surface area contributed by atoms with Gasteiger partial charge in [-0.25, -0.2) is 8.78 Å². The van der Waals surface area contributed by atoms with Gasteiger partial charge in [0.1, 0.15) is 23.5 Å². The van der Waals surface area contributed by atoms with Gasteiger partial charge in [0.05, 0.1) is 37.6 Å². The van der Waals surface area contributed by atoms with Crippen LogP contribution in [0.2, 0.25) is 0 Å². The fourth-order valence-electron chi connectivity index (χ4n) is 7.55. The molecule has 4 aromatic carbocycles. The second kappa shape index (κ2) is 15.5. The van der Waals surface area contributed by atoms with Gasteiger partial charge in [-0.05, 0) is 95.9 Å². The van der Waals surface area contributed by atoms with Gasteiger partial charge in [-0.15, -0.1) is 12.4 Å². The molecule has 2 amide bonds. The molecule has 53 heavy (non-hydrogen) atoms. The predicted molar refractivity (Wildman–Crippen MR) is 198 cm³/mol. The summed E-state index contributed by atoms with van der Waals surface area (Å²) in [6, 6.07) is 25.9. The number of ether oxygens (including phenoxy) is 2. The maximum absolute atomic E-state index is 15.0. The van der Waals surface area contributed by atoms with Gasteiger partial charge in [0.2, 0.25) is 0 Å². The Morgan fingerprint density at radius 1 is 0.830 bits per heavy atom. The van der Waals surface area contributed by atoms with E-state index >= 15 is 0 Å². The lowest BCUT2D eigenvalue weighted by molar-refractivity contribution is 0.00120. The van der Waals surface area contributed by atoms with E-state index in [9.17, 15) is 23.5 Å². The number of phenolic OH excluding ortho intramolecular Hbond substituents is 1. The number of rotatable bonds is 7. The zero-order valence-electron chi connectivity index (χ0n) is 28.9. The quantitative estimate of drug-likeness (QED) is 0.193. The Balaban J connectivity index is 0.00000435. The number of halogens is 3. The number of aromatic hydroxyl groups is 1. The lowest BCUT2D eigenvalue weighted by Gasteiger charge is -2.41. The highest BCUT2D eigenvalue weighted by Crippen LogP contribution is 2.36. The normalized spacial score (nSPS) is 18.4. The van der Waals surface area contributed by atoms with Gasteiger partial charge < -0.3 is 24.0 Å². The van der Waals surface area contributed by atoms with Crippen molar-refractivity contribution < 1.29 is 33.0 Å². The van der Waals surface area contributed by atoms with Crippen LogP contribution in [0, 0.1) is 11.6 Å². The first-order chi connectivity index (χ1) is 25.3. The molecule has 2 atom stereocenters. The number of anilines is 2. The number of fused-ring (bicyclic) bond motifs is 2. The molecule has 0 bridgehead atoms. The van der Waals surface area contributed by atoms with Crippen LogP contribution < -0.4 is 4.90 Å². The van der Waals surface area contributed by atoms with Crippen molar-refractivity contribution in [2.45, 2.75) is 38.3 Å². The molecule has 1 unspecified atom stereocenters. The first kappa shape index (κ1) is 36.3. The molecule has 3 aliphatic heterocycles. The van der Waals surface area contributed by atoms with Crippen LogP contribution in [0.4, 0.5) is 20.2 Å². The first-order valence-electron chi connectivity index (χ1n) is 17.5. The van der Waals surface area contributed by atoms with E-state index in [1.165, 1.54) is 59.0 Å². The Labute approximate surface area is 312 Å². The van der Waals surface area contributed by atoms with Crippen LogP contribution in [0.3, 0.4) is 0 Å². The number of benzene rings is 4. The number of phenols is 1. The number of hydrogen-bond acceptors (Lipinski definition) is 6. The molecule has 1 aromatic heterocycles. The van der Waals surface area contributed by atoms with Crippen LogP contribution in [-0.4, -0.2) is 70.2 Å². The van der Waals surface area contributed by atoms with E-state index in [0.29, 0.717) is 60.1 Å². The third-order valence-electron chi connectivity index (χ3n) is 10.3. The largest absolute Gasteiger partial charge is 0.508 e. The lowest BCUT2D eigenvalue weighted by Crippen LogP contribution is -2.52. The molecule has 0 saturated carbocycles. The van der Waals surface area contributed by atoms with Crippen LogP contribution in [0.25, 0.3) is 0 Å². The molecular formula is C41H39ClF2N4O5. The van der Waals surface area contributed by atoms with E-state index in [1.54, 1.807) is 30.5 Å². The summed E-state index contributed by atoms with van der Waals surface area (Å²) in [5.74, 6) is -1.41. The van der Waals surface area contributed by atoms with E-state index in [1.807, 2.05) is 21.6 Å². The van der Waals surface area contributed by atoms with E-state index in [2.05, 4.69) is 17.0 Å². The van der Waals surface area contributed by atoms with Gasteiger partial charge in [0.25, 0.3) is 11.8 Å². The molecule has 0 aliphatic carbocycles. The molecule has 0 spiro atoms. The number of morpholine rings is 1. The van der Waals surface area contributed by atoms with E-state index in [4.69, 9.17) is 9.47 Å². The predicted octanol–water partition coefficient (Wildman–Crippen LogP) is 7.04. The molecule has 1 N–H and O–H groups in total. The second-order valence-electron chi connectivity index (χ2n) is 13.5. The minimum atomic E-state index is -0.655. The Morgan fingerprint density at radius 2 is 1.51 bits per heavy atom. The molecule has 8 rings (SSSR count). The van der Waals surface area contributed by atoms with E-state index in [-0.39, 0.29) is 49.2 Å². The van der Waals surface area contributed by atoms with Crippen LogP contribution in [0.5, 0.6) is 5.75 Å². The lowest BCUT2D eigenvalue weighted by atomic mass is 9.91. The molecule has 9 nitrogen and oxygen atoms in total. The van der Waals surface area contributed by atoms with Gasteiger partial charge >= 0.3 is 0 Å². The molecule has 1 fully saturated rings. The van der Waals surface area contributed by atoms with Crippen LogP contribution in [0.15, 0.2) is 103 Å². The molecule has 1 saturated heterocycles. The molecule has 12 heteroatoms. The fourth-order valence-corrected chi connectivity index (χ4v) is 7.55. The first-order valence-corrected chi connectivity index (χ1v) is 17.5. The van der Waals surface area contributed by atoms with Crippen molar-refractivity contribution in [1.29, 1.82) is 0 Å². The number of nitrogens with zero attached hydrogens (tertiary/aromatic N) is 4. The minimum Gasteiger partial charge on any atom is -0.508 e. The second-order valence-corrected chi connectivity index (χ2v) is 13.5. The topological polar surface area (TPSA) is 87.5 Å². The Kier molecular flexibility index (Phi) is 10.6. The summed E-state index contributed by atoms with van der Waals surface area (Å²) in [5.41, 5.74) is 5.11. The molecule has 5 aromatic rings. The van der Waals surface area contributed by atoms with Crippen molar-refractivity contribution in [1.82, 2.24) is 14.4 Å². The molecule has 274 valence electrons. The number of carbonyl (C=O) groups is 2. The van der Waals surface area contributed by atoms with Gasteiger partial charge in [-0.1, -0.05) is 24.3 Å². The van der Waals surface area contributed by atoms with Gasteiger partial charge in [-0.2, -0.15) is 0 Å². The van der Waals surface area contributed by atoms with Crippen molar-refractivity contribution in [3.63, 3.8) is 0 Å². The maximum atomic E-state index is 15.0. The van der Waals surface area contributed by atoms with Crippen LogP contribution in [-0.2, 0) is 35.6 Å². The van der Waals surface area contributed by atoms with Crippen molar-refractivity contribution in [3.8, 4) is 5.75 Å². The molecular weight excluding hydrogens is 702 g/mol. The highest BCUT2D eigenvalue weighted by molar-refractivity contribution is 6.11. The SMILES string of the molecule is Cl.O=C(c1ccn2c1COC(c1cc(F)ccc1C(=O)N1Cc3ccccc3C[C@H]1CN1CCOCC1)C2)N(c1ccc(O)cc1)c1ccc(F)cc1. The monoisotopic (exact) mass is 740 g/mol. The van der Waals surface area contributed by atoms with Crippen molar-refractivity contribution in [2.24, 2.45) is 0 Å². The molecule has 3 aliphatic rings. The molecule has 4 heterocycles. The average molecular weight is 741 g/mol. The highest BCUT2D eigenvalue weighted by atomic mass is 35.5. The Morgan fingerprint density at radius 3 is 2.25 bits per heavy atom. The zero-order valence-corrected chi connectivity index (χ0v) is 29.7. The number of amides is 2. The highest BCUT2D eigenvalue weighted by Gasteiger charge is 2.35. The Hall–Kier alpha value is -5.07. The van der Waals surface area contributed by atoms with Crippen molar-refractivity contribution >= 4 is 35.6 Å². The van der Waals surface area contributed by atoms with E-state index in [0.717, 1.165) is 25.1 Å². The summed E-state index contributed by atoms with van der Waals surface area (Å²) in [6.07, 6.45) is 1.86. The van der Waals surface area contributed by atoms with Crippen LogP contribution in [0.1, 0.15) is 49.2 Å². The fraction of sp³-hybridized carbons (Fsp3) is 0.268. The number of hydrogen-bond donors (Lipinski definition) is 1. The third kappa shape index (κ3) is 7.43. The number of carbonyl (C=O) groups excluding carboxylic acids is 2. The van der Waals surface area contributed by atoms with E-state index < -0.39 is 17.7 Å². The third-order valence-corrected chi connectivity index (χ3v) is 10.3. The van der Waals surface area contributed by atoms with Crippen molar-refractivity contribution in [3.05, 3.63) is 148 Å². The summed E-state index contributed by atoms with van der Waals surface area (Å²) in [7, 11) is 0. The molecule has 0 radical (unpaired) electrons. The summed E-state index contributed by atoms with van der Waals surface area (Å²) in [6.45, 7) is 4.38. The van der Waals surface area contributed by atoms with Gasteiger partial charge in [-0.3, -0.25) is 19.4 Å². The summed E-state index contributed by atoms with van der Waals surface area (Å²) in [5, 5.41) is 9.88. The maximum Gasteiger partial charge on any atom is 0.264 e. The summed E-state index contributed by atoms with van der Waals surface area (Å²) >= 11 is 0. The van der Waals surface area contributed by atoms with Gasteiger partial charge in [0.15, 0.2) is 0 Å². The number of aromatic nitrogens is 1. The zero-order chi connectivity index (χ0) is 35.8. The van der Waals surface area contributed by atoms with Crippen LogP contribution >= 0.6 is 12.4 Å². The average Bonchev–Trinajstić information content (AvgIpc) is 3.60.